The van der Waals surface area contributed by atoms with Crippen LogP contribution in [0.5, 0.6) is 0 Å². The summed E-state index contributed by atoms with van der Waals surface area (Å²) in [7, 11) is 0. The Balaban J connectivity index is 1.76. The fraction of sp³-hybridized carbons (Fsp3) is 0.579. The van der Waals surface area contributed by atoms with Gasteiger partial charge in [0, 0.05) is 24.8 Å². The van der Waals surface area contributed by atoms with E-state index in [9.17, 15) is 9.59 Å². The number of nitrogens with one attached hydrogen (secondary N) is 1. The van der Waals surface area contributed by atoms with E-state index >= 15 is 0 Å². The predicted octanol–water partition coefficient (Wildman–Crippen LogP) is 2.06. The summed E-state index contributed by atoms with van der Waals surface area (Å²) in [5.74, 6) is -0.779. The van der Waals surface area contributed by atoms with Crippen LogP contribution < -0.4 is 5.32 Å². The first-order chi connectivity index (χ1) is 12.0. The van der Waals surface area contributed by atoms with Gasteiger partial charge in [-0.1, -0.05) is 26.0 Å². The van der Waals surface area contributed by atoms with Crippen molar-refractivity contribution in [2.75, 3.05) is 38.0 Å². The molecular weight excluding hydrogens is 318 g/mol. The molecule has 138 valence electrons. The lowest BCUT2D eigenvalue weighted by Crippen LogP contribution is -2.48. The normalized spacial score (nSPS) is 16.1. The fourth-order valence-electron chi connectivity index (χ4n) is 3.34. The summed E-state index contributed by atoms with van der Waals surface area (Å²) in [5, 5.41) is 11.9. The van der Waals surface area contributed by atoms with Crippen LogP contribution in [0.25, 0.3) is 0 Å². The molecular formula is C19H29N3O3. The maximum absolute atomic E-state index is 12.2. The van der Waals surface area contributed by atoms with Crippen LogP contribution in [0.15, 0.2) is 24.3 Å². The zero-order valence-electron chi connectivity index (χ0n) is 15.2. The molecule has 0 aliphatic carbocycles. The Morgan fingerprint density at radius 2 is 1.84 bits per heavy atom. The highest BCUT2D eigenvalue weighted by Gasteiger charge is 2.25. The van der Waals surface area contributed by atoms with Crippen LogP contribution in [0, 0.1) is 0 Å². The molecule has 2 rings (SSSR count). The number of hydrogen-bond donors (Lipinski definition) is 2. The van der Waals surface area contributed by atoms with Gasteiger partial charge in [-0.15, -0.1) is 0 Å². The SMILES string of the molecule is CCc1ccc(NC(=O)CN2CCC(N(CC)CC(=O)O)CC2)cc1. The molecule has 1 heterocycles. The second kappa shape index (κ2) is 9.53. The molecule has 0 unspecified atom stereocenters. The number of carboxylic acid groups (broad SMARTS) is 1. The van der Waals surface area contributed by atoms with E-state index in [1.54, 1.807) is 0 Å². The Bertz CT molecular complexity index is 566. The van der Waals surface area contributed by atoms with Gasteiger partial charge in [0.15, 0.2) is 0 Å². The van der Waals surface area contributed by atoms with Crippen molar-refractivity contribution in [2.45, 2.75) is 39.2 Å². The number of benzene rings is 1. The molecule has 1 amide bonds. The minimum absolute atomic E-state index is 0.000539. The summed E-state index contributed by atoms with van der Waals surface area (Å²) in [5.41, 5.74) is 2.08. The highest BCUT2D eigenvalue weighted by Crippen LogP contribution is 2.16. The first-order valence-corrected chi connectivity index (χ1v) is 9.08. The largest absolute Gasteiger partial charge is 0.480 e. The lowest BCUT2D eigenvalue weighted by molar-refractivity contribution is -0.139. The van der Waals surface area contributed by atoms with Crippen molar-refractivity contribution in [3.8, 4) is 0 Å². The number of likely N-dealkylation sites (tertiary alicyclic amines) is 1. The summed E-state index contributed by atoms with van der Waals surface area (Å²) in [6, 6.07) is 8.23. The summed E-state index contributed by atoms with van der Waals surface area (Å²) in [6.45, 7) is 6.96. The smallest absolute Gasteiger partial charge is 0.317 e. The number of hydrogen-bond acceptors (Lipinski definition) is 4. The third kappa shape index (κ3) is 6.14. The molecule has 0 bridgehead atoms. The number of aryl methyl sites for hydroxylation is 1. The van der Waals surface area contributed by atoms with Gasteiger partial charge < -0.3 is 10.4 Å². The van der Waals surface area contributed by atoms with Crippen molar-refractivity contribution >= 4 is 17.6 Å². The summed E-state index contributed by atoms with van der Waals surface area (Å²) >= 11 is 0. The van der Waals surface area contributed by atoms with Gasteiger partial charge in [0.25, 0.3) is 0 Å². The Kier molecular flexibility index (Phi) is 7.40. The number of aliphatic carboxylic acids is 1. The number of anilines is 1. The Morgan fingerprint density at radius 1 is 1.20 bits per heavy atom. The Morgan fingerprint density at radius 3 is 2.36 bits per heavy atom. The molecule has 0 spiro atoms. The monoisotopic (exact) mass is 347 g/mol. The summed E-state index contributed by atoms with van der Waals surface area (Å²) < 4.78 is 0. The third-order valence-electron chi connectivity index (χ3n) is 4.83. The van der Waals surface area contributed by atoms with E-state index in [2.05, 4.69) is 17.1 Å². The molecule has 1 saturated heterocycles. The number of rotatable bonds is 8. The van der Waals surface area contributed by atoms with E-state index in [1.807, 2.05) is 36.1 Å². The molecule has 25 heavy (non-hydrogen) atoms. The standard InChI is InChI=1S/C19H29N3O3/c1-3-15-5-7-16(8-6-15)20-18(23)13-21-11-9-17(10-12-21)22(4-2)14-19(24)25/h5-8,17H,3-4,9-14H2,1-2H3,(H,20,23)(H,24,25). The molecule has 1 aliphatic heterocycles. The van der Waals surface area contributed by atoms with E-state index < -0.39 is 5.97 Å². The highest BCUT2D eigenvalue weighted by molar-refractivity contribution is 5.92. The number of likely N-dealkylation sites (N-methyl/N-ethyl adjacent to an activating group) is 1. The van der Waals surface area contributed by atoms with Crippen LogP contribution in [0.3, 0.4) is 0 Å². The fourth-order valence-corrected chi connectivity index (χ4v) is 3.34. The zero-order valence-corrected chi connectivity index (χ0v) is 15.2. The van der Waals surface area contributed by atoms with Gasteiger partial charge in [-0.3, -0.25) is 19.4 Å². The Labute approximate surface area is 149 Å². The van der Waals surface area contributed by atoms with Crippen LogP contribution in [0.4, 0.5) is 5.69 Å². The maximum Gasteiger partial charge on any atom is 0.317 e. The highest BCUT2D eigenvalue weighted by atomic mass is 16.4. The van der Waals surface area contributed by atoms with Crippen LogP contribution in [-0.2, 0) is 16.0 Å². The molecule has 2 N–H and O–H groups in total. The molecule has 1 aromatic carbocycles. The van der Waals surface area contributed by atoms with Gasteiger partial charge in [-0.05, 0) is 43.5 Å². The summed E-state index contributed by atoms with van der Waals surface area (Å²) in [6.07, 6.45) is 2.79. The molecule has 1 fully saturated rings. The van der Waals surface area contributed by atoms with Crippen molar-refractivity contribution in [3.05, 3.63) is 29.8 Å². The Hall–Kier alpha value is -1.92. The van der Waals surface area contributed by atoms with Crippen LogP contribution >= 0.6 is 0 Å². The molecule has 0 atom stereocenters. The maximum atomic E-state index is 12.2. The van der Waals surface area contributed by atoms with Gasteiger partial charge in [-0.2, -0.15) is 0 Å². The van der Waals surface area contributed by atoms with E-state index in [0.29, 0.717) is 12.6 Å². The number of amides is 1. The molecule has 0 radical (unpaired) electrons. The molecule has 1 aromatic rings. The average Bonchev–Trinajstić information content (AvgIpc) is 2.61. The van der Waals surface area contributed by atoms with Gasteiger partial charge in [-0.25, -0.2) is 0 Å². The van der Waals surface area contributed by atoms with E-state index in [-0.39, 0.29) is 12.5 Å². The topological polar surface area (TPSA) is 72.9 Å². The molecule has 6 heteroatoms. The van der Waals surface area contributed by atoms with Crippen molar-refractivity contribution in [3.63, 3.8) is 0 Å². The predicted molar refractivity (Wildman–Crippen MR) is 98.8 cm³/mol. The molecule has 0 saturated carbocycles. The average molecular weight is 347 g/mol. The summed E-state index contributed by atoms with van der Waals surface area (Å²) in [4.78, 5) is 27.3. The van der Waals surface area contributed by atoms with Crippen LogP contribution in [0.2, 0.25) is 0 Å². The minimum atomic E-state index is -0.780. The molecule has 6 nitrogen and oxygen atoms in total. The molecule has 0 aromatic heterocycles. The van der Waals surface area contributed by atoms with Gasteiger partial charge in [0.05, 0.1) is 13.1 Å². The van der Waals surface area contributed by atoms with Crippen LogP contribution in [0.1, 0.15) is 32.3 Å². The van der Waals surface area contributed by atoms with Crippen molar-refractivity contribution in [1.82, 2.24) is 9.80 Å². The zero-order chi connectivity index (χ0) is 18.2. The van der Waals surface area contributed by atoms with E-state index in [0.717, 1.165) is 44.6 Å². The van der Waals surface area contributed by atoms with Crippen molar-refractivity contribution in [1.29, 1.82) is 0 Å². The van der Waals surface area contributed by atoms with Crippen molar-refractivity contribution in [2.24, 2.45) is 0 Å². The lowest BCUT2D eigenvalue weighted by Gasteiger charge is -2.37. The van der Waals surface area contributed by atoms with Gasteiger partial charge in [0.1, 0.15) is 0 Å². The van der Waals surface area contributed by atoms with Gasteiger partial charge >= 0.3 is 5.97 Å². The van der Waals surface area contributed by atoms with E-state index in [4.69, 9.17) is 5.11 Å². The van der Waals surface area contributed by atoms with Crippen LogP contribution in [-0.4, -0.2) is 65.5 Å². The third-order valence-corrected chi connectivity index (χ3v) is 4.83. The number of nitrogens with zero attached hydrogens (tertiary/aromatic N) is 2. The number of carbonyl (C=O) groups is 2. The first-order valence-electron chi connectivity index (χ1n) is 9.08. The first kappa shape index (κ1) is 19.4. The van der Waals surface area contributed by atoms with E-state index in [1.165, 1.54) is 5.56 Å². The lowest BCUT2D eigenvalue weighted by atomic mass is 10.0. The second-order valence-electron chi connectivity index (χ2n) is 6.56. The van der Waals surface area contributed by atoms with Crippen molar-refractivity contribution < 1.29 is 14.7 Å². The van der Waals surface area contributed by atoms with Gasteiger partial charge in [0.2, 0.25) is 5.91 Å². The minimum Gasteiger partial charge on any atom is -0.480 e. The molecule has 1 aliphatic rings. The number of piperidine rings is 1. The number of carboxylic acids is 1. The number of carbonyl (C=O) groups excluding carboxylic acids is 1. The quantitative estimate of drug-likeness (QED) is 0.753. The second-order valence-corrected chi connectivity index (χ2v) is 6.56.